The number of ketones is 1. The van der Waals surface area contributed by atoms with Crippen LogP contribution in [-0.4, -0.2) is 48.8 Å². The molecule has 6 heteroatoms. The van der Waals surface area contributed by atoms with Crippen molar-refractivity contribution in [3.63, 3.8) is 0 Å². The number of carbonyl (C=O) groups is 2. The molecule has 23 heavy (non-hydrogen) atoms. The van der Waals surface area contributed by atoms with Gasteiger partial charge in [-0.3, -0.25) is 9.59 Å². The lowest BCUT2D eigenvalue weighted by Gasteiger charge is -2.29. The average molecular weight is 319 g/mol. The highest BCUT2D eigenvalue weighted by Gasteiger charge is 2.43. The van der Waals surface area contributed by atoms with Crippen molar-refractivity contribution in [3.8, 4) is 0 Å². The molecule has 1 aromatic carbocycles. The monoisotopic (exact) mass is 319 g/mol. The number of rotatable bonds is 6. The van der Waals surface area contributed by atoms with E-state index >= 15 is 0 Å². The van der Waals surface area contributed by atoms with Gasteiger partial charge in [-0.1, -0.05) is 29.8 Å². The van der Waals surface area contributed by atoms with Gasteiger partial charge in [-0.05, 0) is 19.4 Å². The van der Waals surface area contributed by atoms with Crippen LogP contribution in [-0.2, 0) is 19.1 Å². The zero-order valence-electron chi connectivity index (χ0n) is 13.7. The molecule has 1 unspecified atom stereocenters. The molecule has 124 valence electrons. The van der Waals surface area contributed by atoms with Crippen molar-refractivity contribution in [2.24, 2.45) is 0 Å². The summed E-state index contributed by atoms with van der Waals surface area (Å²) in [7, 11) is 2.93. The molecule has 1 aromatic rings. The van der Waals surface area contributed by atoms with Gasteiger partial charge in [0.25, 0.3) is 5.91 Å². The van der Waals surface area contributed by atoms with E-state index in [1.807, 2.05) is 31.2 Å². The van der Waals surface area contributed by atoms with Crippen LogP contribution in [0.4, 0.5) is 0 Å². The Kier molecular flexibility index (Phi) is 5.18. The lowest BCUT2D eigenvalue weighted by atomic mass is 9.96. The highest BCUT2D eigenvalue weighted by Crippen LogP contribution is 2.37. The number of aliphatic hydroxyl groups is 1. The number of ether oxygens (including phenoxy) is 2. The second kappa shape index (κ2) is 6.93. The van der Waals surface area contributed by atoms with E-state index in [0.29, 0.717) is 0 Å². The van der Waals surface area contributed by atoms with Crippen molar-refractivity contribution in [2.75, 3.05) is 20.8 Å². The smallest absolute Gasteiger partial charge is 0.290 e. The normalized spacial score (nSPS) is 18.2. The van der Waals surface area contributed by atoms with Crippen LogP contribution in [0.25, 0.3) is 0 Å². The highest BCUT2D eigenvalue weighted by atomic mass is 16.7. The van der Waals surface area contributed by atoms with Crippen LogP contribution < -0.4 is 0 Å². The van der Waals surface area contributed by atoms with Crippen molar-refractivity contribution < 1.29 is 24.2 Å². The molecule has 0 spiro atoms. The van der Waals surface area contributed by atoms with Gasteiger partial charge in [-0.25, -0.2) is 0 Å². The van der Waals surface area contributed by atoms with E-state index in [0.717, 1.165) is 11.1 Å². The van der Waals surface area contributed by atoms with Crippen molar-refractivity contribution >= 4 is 11.7 Å². The number of nitrogens with zero attached hydrogens (tertiary/aromatic N) is 1. The highest BCUT2D eigenvalue weighted by molar-refractivity contribution is 6.08. The molecule has 0 aromatic heterocycles. The fourth-order valence-electron chi connectivity index (χ4n) is 2.70. The minimum absolute atomic E-state index is 0.102. The quantitative estimate of drug-likeness (QED) is 0.811. The molecular weight excluding hydrogens is 298 g/mol. The van der Waals surface area contributed by atoms with Crippen LogP contribution in [0.5, 0.6) is 0 Å². The summed E-state index contributed by atoms with van der Waals surface area (Å²) in [6, 6.07) is 6.84. The number of aliphatic hydroxyl groups excluding tert-OH is 1. The number of benzene rings is 1. The van der Waals surface area contributed by atoms with Gasteiger partial charge in [-0.2, -0.15) is 0 Å². The molecule has 6 nitrogen and oxygen atoms in total. The number of amides is 1. The molecule has 1 N–H and O–H groups in total. The van der Waals surface area contributed by atoms with Crippen molar-refractivity contribution in [2.45, 2.75) is 26.2 Å². The first-order valence-electron chi connectivity index (χ1n) is 7.27. The molecule has 0 aliphatic carbocycles. The second-order valence-electron chi connectivity index (χ2n) is 5.49. The molecule has 1 aliphatic heterocycles. The molecule has 0 saturated heterocycles. The van der Waals surface area contributed by atoms with Gasteiger partial charge in [0.1, 0.15) is 0 Å². The number of carbonyl (C=O) groups excluding carboxylic acids is 2. The number of methoxy groups -OCH3 is 2. The van der Waals surface area contributed by atoms with E-state index < -0.39 is 24.0 Å². The predicted molar refractivity (Wildman–Crippen MR) is 83.8 cm³/mol. The van der Waals surface area contributed by atoms with Gasteiger partial charge < -0.3 is 19.5 Å². The maximum absolute atomic E-state index is 12.4. The van der Waals surface area contributed by atoms with Gasteiger partial charge in [0.2, 0.25) is 0 Å². The minimum Gasteiger partial charge on any atom is -0.503 e. The van der Waals surface area contributed by atoms with Gasteiger partial charge in [-0.15, -0.1) is 0 Å². The first kappa shape index (κ1) is 17.2. The molecule has 1 aliphatic rings. The Balaban J connectivity index is 2.46. The summed E-state index contributed by atoms with van der Waals surface area (Å²) in [5.74, 6) is -1.44. The van der Waals surface area contributed by atoms with Crippen molar-refractivity contribution in [1.82, 2.24) is 4.90 Å². The SMILES string of the molecule is COC(CN1C(=O)C(O)=C(C(C)=O)C1c1ccc(C)cc1)OC. The lowest BCUT2D eigenvalue weighted by Crippen LogP contribution is -2.38. The molecule has 0 bridgehead atoms. The summed E-state index contributed by atoms with van der Waals surface area (Å²) in [6.45, 7) is 3.39. The van der Waals surface area contributed by atoms with E-state index in [4.69, 9.17) is 9.47 Å². The Hall–Kier alpha value is -2.18. The molecule has 1 atom stereocenters. The zero-order valence-corrected chi connectivity index (χ0v) is 13.7. The van der Waals surface area contributed by atoms with Crippen molar-refractivity contribution in [1.29, 1.82) is 0 Å². The third-order valence-corrected chi connectivity index (χ3v) is 3.95. The summed E-state index contributed by atoms with van der Waals surface area (Å²) < 4.78 is 10.3. The Bertz CT molecular complexity index is 631. The summed E-state index contributed by atoms with van der Waals surface area (Å²) in [5, 5.41) is 10.1. The fraction of sp³-hybridized carbons (Fsp3) is 0.412. The Labute approximate surface area is 135 Å². The van der Waals surface area contributed by atoms with E-state index in [1.165, 1.54) is 26.0 Å². The molecular formula is C17H21NO5. The Morgan fingerprint density at radius 1 is 1.26 bits per heavy atom. The summed E-state index contributed by atoms with van der Waals surface area (Å²) in [6.07, 6.45) is -0.647. The lowest BCUT2D eigenvalue weighted by molar-refractivity contribution is -0.144. The van der Waals surface area contributed by atoms with Gasteiger partial charge in [0.15, 0.2) is 17.8 Å². The maximum Gasteiger partial charge on any atom is 0.290 e. The minimum atomic E-state index is -0.647. The summed E-state index contributed by atoms with van der Waals surface area (Å²) >= 11 is 0. The van der Waals surface area contributed by atoms with Gasteiger partial charge >= 0.3 is 0 Å². The third kappa shape index (κ3) is 3.28. The molecule has 0 fully saturated rings. The second-order valence-corrected chi connectivity index (χ2v) is 5.49. The van der Waals surface area contributed by atoms with Gasteiger partial charge in [0, 0.05) is 14.2 Å². The summed E-state index contributed by atoms with van der Waals surface area (Å²) in [4.78, 5) is 25.8. The van der Waals surface area contributed by atoms with Crippen molar-refractivity contribution in [3.05, 3.63) is 46.7 Å². The topological polar surface area (TPSA) is 76.1 Å². The number of aryl methyl sites for hydroxylation is 1. The molecule has 1 heterocycles. The molecule has 1 amide bonds. The van der Waals surface area contributed by atoms with Crippen LogP contribution >= 0.6 is 0 Å². The van der Waals surface area contributed by atoms with E-state index in [-0.39, 0.29) is 17.9 Å². The Morgan fingerprint density at radius 3 is 2.30 bits per heavy atom. The average Bonchev–Trinajstić information content (AvgIpc) is 2.77. The van der Waals surface area contributed by atoms with E-state index in [9.17, 15) is 14.7 Å². The first-order chi connectivity index (χ1) is 10.9. The largest absolute Gasteiger partial charge is 0.503 e. The number of hydrogen-bond donors (Lipinski definition) is 1. The standard InChI is InChI=1S/C17H21NO5/c1-10-5-7-12(8-6-10)15-14(11(2)19)16(20)17(21)18(15)9-13(22-3)23-4/h5-8,13,15,20H,9H2,1-4H3. The first-order valence-corrected chi connectivity index (χ1v) is 7.27. The number of hydrogen-bond acceptors (Lipinski definition) is 5. The molecule has 2 rings (SSSR count). The Morgan fingerprint density at radius 2 is 1.83 bits per heavy atom. The maximum atomic E-state index is 12.4. The van der Waals surface area contributed by atoms with Crippen LogP contribution in [0.2, 0.25) is 0 Å². The van der Waals surface area contributed by atoms with Crippen LogP contribution in [0.15, 0.2) is 35.6 Å². The third-order valence-electron chi connectivity index (χ3n) is 3.95. The van der Waals surface area contributed by atoms with E-state index in [2.05, 4.69) is 0 Å². The molecule has 0 radical (unpaired) electrons. The van der Waals surface area contributed by atoms with E-state index in [1.54, 1.807) is 0 Å². The molecule has 0 saturated carbocycles. The fourth-order valence-corrected chi connectivity index (χ4v) is 2.70. The zero-order chi connectivity index (χ0) is 17.1. The predicted octanol–water partition coefficient (Wildman–Crippen LogP) is 1.90. The van der Waals surface area contributed by atoms with Gasteiger partial charge in [0.05, 0.1) is 18.2 Å². The number of Topliss-reactive ketones (excluding diaryl/α,β-unsaturated/α-hetero) is 1. The van der Waals surface area contributed by atoms with Crippen LogP contribution in [0.1, 0.15) is 24.1 Å². The van der Waals surface area contributed by atoms with Crippen LogP contribution in [0.3, 0.4) is 0 Å². The summed E-state index contributed by atoms with van der Waals surface area (Å²) in [5.41, 5.74) is 1.92. The van der Waals surface area contributed by atoms with Crippen LogP contribution in [0, 0.1) is 6.92 Å².